The highest BCUT2D eigenvalue weighted by Gasteiger charge is 2.33. The predicted molar refractivity (Wildman–Crippen MR) is 109 cm³/mol. The van der Waals surface area contributed by atoms with Crippen LogP contribution in [0.3, 0.4) is 0 Å². The standard InChI is InChI=1S/C22H31NO5/c1-7-12-19(27-16(3)24)20(23-21(25)28-22(4,5)6)18(8-2)26-15-17-13-10-9-11-14-17/h7-11,13-14,18-20H,1-2,12,15H2,3-6H3,(H,23,25)/t18-,19-,20+/m0/s1. The zero-order chi connectivity index (χ0) is 21.2. The average Bonchev–Trinajstić information content (AvgIpc) is 2.60. The van der Waals surface area contributed by atoms with Crippen LogP contribution in [0.5, 0.6) is 0 Å². The van der Waals surface area contributed by atoms with Gasteiger partial charge in [-0.15, -0.1) is 13.2 Å². The van der Waals surface area contributed by atoms with Crippen molar-refractivity contribution >= 4 is 12.1 Å². The van der Waals surface area contributed by atoms with Gasteiger partial charge in [0, 0.05) is 13.3 Å². The fourth-order valence-corrected chi connectivity index (χ4v) is 2.56. The van der Waals surface area contributed by atoms with Crippen molar-refractivity contribution in [2.24, 2.45) is 0 Å². The van der Waals surface area contributed by atoms with Crippen LogP contribution in [-0.4, -0.2) is 35.9 Å². The molecule has 0 spiro atoms. The molecule has 0 saturated heterocycles. The number of hydrogen-bond acceptors (Lipinski definition) is 5. The maximum Gasteiger partial charge on any atom is 0.408 e. The van der Waals surface area contributed by atoms with Crippen LogP contribution in [0.15, 0.2) is 55.6 Å². The van der Waals surface area contributed by atoms with Gasteiger partial charge in [0.1, 0.15) is 11.7 Å². The summed E-state index contributed by atoms with van der Waals surface area (Å²) in [6.07, 6.45) is 1.60. The summed E-state index contributed by atoms with van der Waals surface area (Å²) in [5.74, 6) is -0.464. The number of carbonyl (C=O) groups excluding carboxylic acids is 2. The number of ether oxygens (including phenoxy) is 3. The molecule has 0 aromatic heterocycles. The largest absolute Gasteiger partial charge is 0.460 e. The molecule has 1 N–H and O–H groups in total. The van der Waals surface area contributed by atoms with Crippen molar-refractivity contribution in [3.8, 4) is 0 Å². The summed E-state index contributed by atoms with van der Waals surface area (Å²) in [5.41, 5.74) is 0.302. The Morgan fingerprint density at radius 1 is 1.18 bits per heavy atom. The van der Waals surface area contributed by atoms with Crippen LogP contribution < -0.4 is 5.32 Å². The SMILES string of the molecule is C=CC[C@H](OC(C)=O)[C@H](NC(=O)OC(C)(C)C)[C@H](C=C)OCc1ccccc1. The number of benzene rings is 1. The number of carbonyl (C=O) groups is 2. The van der Waals surface area contributed by atoms with Gasteiger partial charge in [0.2, 0.25) is 0 Å². The molecule has 1 aromatic carbocycles. The third-order valence-corrected chi connectivity index (χ3v) is 3.67. The van der Waals surface area contributed by atoms with Gasteiger partial charge in [-0.25, -0.2) is 4.79 Å². The first kappa shape index (κ1) is 23.4. The number of esters is 1. The Balaban J connectivity index is 3.02. The molecule has 0 unspecified atom stereocenters. The highest BCUT2D eigenvalue weighted by molar-refractivity contribution is 5.69. The summed E-state index contributed by atoms with van der Waals surface area (Å²) >= 11 is 0. The molecule has 28 heavy (non-hydrogen) atoms. The molecule has 1 rings (SSSR count). The Bertz CT molecular complexity index is 651. The van der Waals surface area contributed by atoms with Crippen molar-refractivity contribution in [1.29, 1.82) is 0 Å². The second-order valence-electron chi connectivity index (χ2n) is 7.34. The molecule has 1 aromatic rings. The normalized spacial score (nSPS) is 14.3. The van der Waals surface area contributed by atoms with E-state index in [4.69, 9.17) is 14.2 Å². The highest BCUT2D eigenvalue weighted by atomic mass is 16.6. The minimum atomic E-state index is -0.696. The van der Waals surface area contributed by atoms with Gasteiger partial charge >= 0.3 is 12.1 Å². The number of amides is 1. The van der Waals surface area contributed by atoms with E-state index in [1.807, 2.05) is 30.3 Å². The van der Waals surface area contributed by atoms with Crippen LogP contribution in [0.2, 0.25) is 0 Å². The summed E-state index contributed by atoms with van der Waals surface area (Å²) in [7, 11) is 0. The Morgan fingerprint density at radius 2 is 1.82 bits per heavy atom. The lowest BCUT2D eigenvalue weighted by Crippen LogP contribution is -2.53. The summed E-state index contributed by atoms with van der Waals surface area (Å²) in [6, 6.07) is 8.92. The first-order chi connectivity index (χ1) is 13.2. The Morgan fingerprint density at radius 3 is 2.32 bits per heavy atom. The lowest BCUT2D eigenvalue weighted by Gasteiger charge is -2.32. The van der Waals surface area contributed by atoms with Crippen molar-refractivity contribution in [1.82, 2.24) is 5.32 Å². The van der Waals surface area contributed by atoms with Crippen molar-refractivity contribution < 1.29 is 23.8 Å². The Hall–Kier alpha value is -2.60. The molecule has 0 saturated carbocycles. The molecule has 6 nitrogen and oxygen atoms in total. The maximum absolute atomic E-state index is 12.4. The zero-order valence-electron chi connectivity index (χ0n) is 17.1. The van der Waals surface area contributed by atoms with Gasteiger partial charge in [0.05, 0.1) is 18.8 Å². The molecule has 6 heteroatoms. The summed E-state index contributed by atoms with van der Waals surface area (Å²) in [4.78, 5) is 23.9. The van der Waals surface area contributed by atoms with Gasteiger partial charge in [-0.3, -0.25) is 4.79 Å². The van der Waals surface area contributed by atoms with Crippen LogP contribution >= 0.6 is 0 Å². The number of alkyl carbamates (subject to hydrolysis) is 1. The predicted octanol–water partition coefficient (Wildman–Crippen LogP) is 4.16. The lowest BCUT2D eigenvalue weighted by molar-refractivity contribution is -0.149. The van der Waals surface area contributed by atoms with Crippen LogP contribution in [0.4, 0.5) is 4.79 Å². The first-order valence-corrected chi connectivity index (χ1v) is 9.22. The molecular formula is C22H31NO5. The highest BCUT2D eigenvalue weighted by Crippen LogP contribution is 2.17. The van der Waals surface area contributed by atoms with E-state index < -0.39 is 35.9 Å². The van der Waals surface area contributed by atoms with Crippen LogP contribution in [-0.2, 0) is 25.6 Å². The fourth-order valence-electron chi connectivity index (χ4n) is 2.56. The van der Waals surface area contributed by atoms with Gasteiger partial charge in [-0.2, -0.15) is 0 Å². The van der Waals surface area contributed by atoms with Crippen LogP contribution in [0.25, 0.3) is 0 Å². The van der Waals surface area contributed by atoms with Gasteiger partial charge < -0.3 is 19.5 Å². The van der Waals surface area contributed by atoms with E-state index in [0.717, 1.165) is 5.56 Å². The van der Waals surface area contributed by atoms with Crippen LogP contribution in [0, 0.1) is 0 Å². The second-order valence-corrected chi connectivity index (χ2v) is 7.34. The second kappa shape index (κ2) is 11.3. The first-order valence-electron chi connectivity index (χ1n) is 9.22. The minimum absolute atomic E-state index is 0.310. The Kier molecular flexibility index (Phi) is 9.45. The molecule has 3 atom stereocenters. The lowest BCUT2D eigenvalue weighted by atomic mass is 10.0. The van der Waals surface area contributed by atoms with E-state index in [1.54, 1.807) is 32.9 Å². The number of hydrogen-bond donors (Lipinski definition) is 1. The molecule has 1 amide bonds. The third-order valence-electron chi connectivity index (χ3n) is 3.67. The maximum atomic E-state index is 12.4. The van der Waals surface area contributed by atoms with Gasteiger partial charge in [0.25, 0.3) is 0 Å². The fraction of sp³-hybridized carbons (Fsp3) is 0.455. The number of nitrogens with one attached hydrogen (secondary N) is 1. The zero-order valence-corrected chi connectivity index (χ0v) is 17.1. The van der Waals surface area contributed by atoms with Crippen molar-refractivity contribution in [2.75, 3.05) is 0 Å². The summed E-state index contributed by atoms with van der Waals surface area (Å²) in [6.45, 7) is 14.5. The molecule has 0 heterocycles. The molecule has 0 fully saturated rings. The minimum Gasteiger partial charge on any atom is -0.460 e. The van der Waals surface area contributed by atoms with Gasteiger partial charge in [0.15, 0.2) is 0 Å². The van der Waals surface area contributed by atoms with E-state index in [2.05, 4.69) is 18.5 Å². The molecule has 0 aliphatic carbocycles. The third kappa shape index (κ3) is 8.86. The quantitative estimate of drug-likeness (QED) is 0.480. The molecule has 0 radical (unpaired) electrons. The smallest absolute Gasteiger partial charge is 0.408 e. The van der Waals surface area contributed by atoms with Gasteiger partial charge in [-0.1, -0.05) is 42.5 Å². The molecule has 0 aliphatic rings. The molecular weight excluding hydrogens is 358 g/mol. The van der Waals surface area contributed by atoms with E-state index in [9.17, 15) is 9.59 Å². The number of rotatable bonds is 10. The van der Waals surface area contributed by atoms with Crippen molar-refractivity contribution in [3.63, 3.8) is 0 Å². The van der Waals surface area contributed by atoms with Crippen molar-refractivity contribution in [2.45, 2.75) is 64.6 Å². The van der Waals surface area contributed by atoms with E-state index in [0.29, 0.717) is 13.0 Å². The molecule has 0 aliphatic heterocycles. The van der Waals surface area contributed by atoms with Crippen LogP contribution in [0.1, 0.15) is 39.7 Å². The summed E-state index contributed by atoms with van der Waals surface area (Å²) < 4.78 is 16.7. The monoisotopic (exact) mass is 389 g/mol. The van der Waals surface area contributed by atoms with Crippen molar-refractivity contribution in [3.05, 3.63) is 61.2 Å². The molecule has 0 bridgehead atoms. The average molecular weight is 389 g/mol. The van der Waals surface area contributed by atoms with Gasteiger partial charge in [-0.05, 0) is 26.3 Å². The summed E-state index contributed by atoms with van der Waals surface area (Å²) in [5, 5.41) is 2.77. The van der Waals surface area contributed by atoms with E-state index in [1.165, 1.54) is 6.92 Å². The molecule has 154 valence electrons. The Labute approximate surface area is 167 Å². The topological polar surface area (TPSA) is 73.9 Å². The van der Waals surface area contributed by atoms with E-state index >= 15 is 0 Å². The van der Waals surface area contributed by atoms with E-state index in [-0.39, 0.29) is 0 Å².